The average molecular weight is 317 g/mol. The summed E-state index contributed by atoms with van der Waals surface area (Å²) < 4.78 is 44.9. The standard InChI is InChI=1S/C12H10ClFN2O3S/c1-19-8-4-5-9(14)10(7-8)16-20(17,18)11-3-2-6-15-12(11)13/h2-7,16H,1H3. The van der Waals surface area contributed by atoms with Crippen molar-refractivity contribution in [2.24, 2.45) is 0 Å². The van der Waals surface area contributed by atoms with Crippen LogP contribution in [0.4, 0.5) is 10.1 Å². The number of hydrogen-bond donors (Lipinski definition) is 1. The molecule has 0 radical (unpaired) electrons. The molecule has 1 aromatic heterocycles. The van der Waals surface area contributed by atoms with Gasteiger partial charge in [0.1, 0.15) is 21.6 Å². The fourth-order valence-electron chi connectivity index (χ4n) is 1.48. The van der Waals surface area contributed by atoms with E-state index in [-0.39, 0.29) is 15.7 Å². The highest BCUT2D eigenvalue weighted by molar-refractivity contribution is 7.92. The van der Waals surface area contributed by atoms with Crippen LogP contribution in [0.15, 0.2) is 41.4 Å². The molecule has 2 aromatic rings. The van der Waals surface area contributed by atoms with Crippen molar-refractivity contribution >= 4 is 27.3 Å². The minimum absolute atomic E-state index is 0.191. The molecule has 0 saturated carbocycles. The summed E-state index contributed by atoms with van der Waals surface area (Å²) in [6.07, 6.45) is 1.35. The van der Waals surface area contributed by atoms with Crippen LogP contribution in [0, 0.1) is 5.82 Å². The number of benzene rings is 1. The summed E-state index contributed by atoms with van der Waals surface area (Å²) in [5.74, 6) is -0.407. The van der Waals surface area contributed by atoms with Gasteiger partial charge in [0.2, 0.25) is 0 Å². The molecular weight excluding hydrogens is 307 g/mol. The Kier molecular flexibility index (Phi) is 4.10. The molecule has 1 aromatic carbocycles. The topological polar surface area (TPSA) is 68.3 Å². The number of anilines is 1. The molecule has 2 rings (SSSR count). The van der Waals surface area contributed by atoms with Crippen LogP contribution in [-0.2, 0) is 10.0 Å². The normalized spacial score (nSPS) is 11.2. The molecule has 0 bridgehead atoms. The van der Waals surface area contributed by atoms with Crippen LogP contribution < -0.4 is 9.46 Å². The van der Waals surface area contributed by atoms with E-state index in [1.165, 1.54) is 37.6 Å². The van der Waals surface area contributed by atoms with Crippen molar-refractivity contribution < 1.29 is 17.5 Å². The number of aromatic nitrogens is 1. The predicted molar refractivity (Wildman–Crippen MR) is 73.0 cm³/mol. The van der Waals surface area contributed by atoms with Crippen molar-refractivity contribution in [2.75, 3.05) is 11.8 Å². The number of ether oxygens (including phenoxy) is 1. The first-order chi connectivity index (χ1) is 9.44. The lowest BCUT2D eigenvalue weighted by molar-refractivity contribution is 0.414. The summed E-state index contributed by atoms with van der Waals surface area (Å²) in [6, 6.07) is 6.40. The SMILES string of the molecule is COc1ccc(F)c(NS(=O)(=O)c2cccnc2Cl)c1. The van der Waals surface area contributed by atoms with Crippen molar-refractivity contribution in [3.8, 4) is 5.75 Å². The van der Waals surface area contributed by atoms with Crippen molar-refractivity contribution in [1.82, 2.24) is 4.98 Å². The van der Waals surface area contributed by atoms with Gasteiger partial charge in [0.15, 0.2) is 0 Å². The number of halogens is 2. The van der Waals surface area contributed by atoms with Gasteiger partial charge in [0.25, 0.3) is 10.0 Å². The number of nitrogens with zero attached hydrogens (tertiary/aromatic N) is 1. The molecule has 0 amide bonds. The second-order valence-corrected chi connectivity index (χ2v) is 5.75. The lowest BCUT2D eigenvalue weighted by atomic mass is 10.3. The molecule has 0 spiro atoms. The Labute approximate surface area is 120 Å². The Morgan fingerprint density at radius 1 is 1.35 bits per heavy atom. The van der Waals surface area contributed by atoms with Crippen LogP contribution in [0.1, 0.15) is 0 Å². The Balaban J connectivity index is 2.41. The van der Waals surface area contributed by atoms with E-state index in [9.17, 15) is 12.8 Å². The lowest BCUT2D eigenvalue weighted by Gasteiger charge is -2.10. The van der Waals surface area contributed by atoms with Gasteiger partial charge in [-0.1, -0.05) is 11.6 Å². The van der Waals surface area contributed by atoms with Gasteiger partial charge in [-0.3, -0.25) is 4.72 Å². The van der Waals surface area contributed by atoms with Gasteiger partial charge in [-0.25, -0.2) is 17.8 Å². The Hall–Kier alpha value is -1.86. The van der Waals surface area contributed by atoms with Gasteiger partial charge >= 0.3 is 0 Å². The molecule has 20 heavy (non-hydrogen) atoms. The molecule has 0 saturated heterocycles. The van der Waals surface area contributed by atoms with Crippen LogP contribution in [0.5, 0.6) is 5.75 Å². The zero-order valence-corrected chi connectivity index (χ0v) is 11.9. The van der Waals surface area contributed by atoms with Gasteiger partial charge in [0.05, 0.1) is 12.8 Å². The van der Waals surface area contributed by atoms with Crippen molar-refractivity contribution in [1.29, 1.82) is 0 Å². The van der Waals surface area contributed by atoms with Crippen LogP contribution >= 0.6 is 11.6 Å². The van der Waals surface area contributed by atoms with Crippen molar-refractivity contribution in [3.05, 3.63) is 47.5 Å². The second-order valence-electron chi connectivity index (χ2n) is 3.74. The third-order valence-electron chi connectivity index (χ3n) is 2.43. The molecule has 1 heterocycles. The maximum Gasteiger partial charge on any atom is 0.265 e. The maximum atomic E-state index is 13.6. The summed E-state index contributed by atoms with van der Waals surface area (Å²) in [7, 11) is -2.64. The van der Waals surface area contributed by atoms with E-state index < -0.39 is 15.8 Å². The summed E-state index contributed by atoms with van der Waals surface area (Å²) in [5.41, 5.74) is -0.232. The Morgan fingerprint density at radius 3 is 2.75 bits per heavy atom. The molecule has 106 valence electrons. The maximum absolute atomic E-state index is 13.6. The van der Waals surface area contributed by atoms with Crippen molar-refractivity contribution in [3.63, 3.8) is 0 Å². The van der Waals surface area contributed by atoms with Crippen LogP contribution in [0.2, 0.25) is 5.15 Å². The zero-order chi connectivity index (χ0) is 14.8. The van der Waals surface area contributed by atoms with Crippen LogP contribution in [0.3, 0.4) is 0 Å². The molecule has 0 fully saturated rings. The smallest absolute Gasteiger partial charge is 0.265 e. The highest BCUT2D eigenvalue weighted by Gasteiger charge is 2.20. The summed E-state index contributed by atoms with van der Waals surface area (Å²) in [4.78, 5) is 3.44. The van der Waals surface area contributed by atoms with Gasteiger partial charge in [-0.05, 0) is 24.3 Å². The predicted octanol–water partition coefficient (Wildman–Crippen LogP) is 2.68. The zero-order valence-electron chi connectivity index (χ0n) is 10.3. The van der Waals surface area contributed by atoms with Crippen molar-refractivity contribution in [2.45, 2.75) is 4.90 Å². The summed E-state index contributed by atoms with van der Waals surface area (Å²) in [6.45, 7) is 0. The molecule has 0 atom stereocenters. The highest BCUT2D eigenvalue weighted by atomic mass is 35.5. The molecule has 8 heteroatoms. The molecule has 1 N–H and O–H groups in total. The summed E-state index contributed by atoms with van der Waals surface area (Å²) in [5, 5.41) is -0.191. The third-order valence-corrected chi connectivity index (χ3v) is 4.24. The highest BCUT2D eigenvalue weighted by Crippen LogP contribution is 2.25. The van der Waals surface area contributed by atoms with E-state index in [0.717, 1.165) is 6.07 Å². The molecule has 0 aliphatic carbocycles. The van der Waals surface area contributed by atoms with E-state index in [1.807, 2.05) is 0 Å². The lowest BCUT2D eigenvalue weighted by Crippen LogP contribution is -2.15. The number of methoxy groups -OCH3 is 1. The number of pyridine rings is 1. The van der Waals surface area contributed by atoms with Gasteiger partial charge in [0, 0.05) is 12.3 Å². The minimum Gasteiger partial charge on any atom is -0.497 e. The number of sulfonamides is 1. The number of nitrogens with one attached hydrogen (secondary N) is 1. The quantitative estimate of drug-likeness (QED) is 0.881. The van der Waals surface area contributed by atoms with Crippen LogP contribution in [0.25, 0.3) is 0 Å². The van der Waals surface area contributed by atoms with E-state index in [4.69, 9.17) is 16.3 Å². The van der Waals surface area contributed by atoms with E-state index in [1.54, 1.807) is 0 Å². The Morgan fingerprint density at radius 2 is 2.10 bits per heavy atom. The van der Waals surface area contributed by atoms with E-state index in [0.29, 0.717) is 5.75 Å². The molecule has 0 aliphatic heterocycles. The molecule has 5 nitrogen and oxygen atoms in total. The fraction of sp³-hybridized carbons (Fsp3) is 0.0833. The molecule has 0 unspecified atom stereocenters. The van der Waals surface area contributed by atoms with Crippen LogP contribution in [-0.4, -0.2) is 20.5 Å². The van der Waals surface area contributed by atoms with Gasteiger partial charge < -0.3 is 4.74 Å². The van der Waals surface area contributed by atoms with E-state index >= 15 is 0 Å². The first-order valence-corrected chi connectivity index (χ1v) is 7.27. The second kappa shape index (κ2) is 5.64. The average Bonchev–Trinajstić information content (AvgIpc) is 2.41. The molecular formula is C12H10ClFN2O3S. The van der Waals surface area contributed by atoms with E-state index in [2.05, 4.69) is 9.71 Å². The van der Waals surface area contributed by atoms with Gasteiger partial charge in [-0.2, -0.15) is 0 Å². The minimum atomic E-state index is -4.03. The first-order valence-electron chi connectivity index (χ1n) is 5.41. The number of rotatable bonds is 4. The first kappa shape index (κ1) is 14.5. The largest absolute Gasteiger partial charge is 0.497 e. The summed E-state index contributed by atoms with van der Waals surface area (Å²) >= 11 is 5.72. The van der Waals surface area contributed by atoms with Gasteiger partial charge in [-0.15, -0.1) is 0 Å². The fourth-order valence-corrected chi connectivity index (χ4v) is 2.99. The third kappa shape index (κ3) is 3.00. The Bertz CT molecular complexity index is 737. The monoisotopic (exact) mass is 316 g/mol. The number of hydrogen-bond acceptors (Lipinski definition) is 4. The molecule has 0 aliphatic rings.